The van der Waals surface area contributed by atoms with Gasteiger partial charge in [0.05, 0.1) is 5.88 Å². The van der Waals surface area contributed by atoms with E-state index in [1.54, 1.807) is 19.1 Å². The topological polar surface area (TPSA) is 25.8 Å². The Kier molecular flexibility index (Phi) is 2.98. The number of hydrogen-bond donors (Lipinski definition) is 0. The summed E-state index contributed by atoms with van der Waals surface area (Å²) < 4.78 is 13.0. The number of hydrogen-bond acceptors (Lipinski definition) is 3. The van der Waals surface area contributed by atoms with Crippen LogP contribution in [-0.4, -0.2) is 10.2 Å². The van der Waals surface area contributed by atoms with Crippen molar-refractivity contribution in [3.05, 3.63) is 34.6 Å². The van der Waals surface area contributed by atoms with E-state index in [1.165, 1.54) is 17.4 Å². The number of aryl methyl sites for hydroxylation is 1. The summed E-state index contributed by atoms with van der Waals surface area (Å²) >= 11 is 7.06. The van der Waals surface area contributed by atoms with Gasteiger partial charge in [0.25, 0.3) is 0 Å². The number of nitrogens with zero attached hydrogens (tertiary/aromatic N) is 2. The molecule has 1 aromatic heterocycles. The van der Waals surface area contributed by atoms with Gasteiger partial charge in [-0.15, -0.1) is 21.8 Å². The summed E-state index contributed by atoms with van der Waals surface area (Å²) in [5.74, 6) is 0.151. The molecule has 0 saturated carbocycles. The zero-order valence-electron chi connectivity index (χ0n) is 8.00. The highest BCUT2D eigenvalue weighted by molar-refractivity contribution is 7.14. The molecule has 0 unspecified atom stereocenters. The smallest absolute Gasteiger partial charge is 0.147 e. The first-order valence-electron chi connectivity index (χ1n) is 4.35. The Morgan fingerprint density at radius 3 is 2.80 bits per heavy atom. The summed E-state index contributed by atoms with van der Waals surface area (Å²) in [6.07, 6.45) is 0. The van der Waals surface area contributed by atoms with Crippen LogP contribution in [0.5, 0.6) is 0 Å². The van der Waals surface area contributed by atoms with E-state index >= 15 is 0 Å². The molecule has 0 amide bonds. The standard InChI is InChI=1S/C10H8ClFN2S/c1-6-4-7(2-3-8(6)12)10-14-13-9(5-11)15-10/h2-4H,5H2,1H3. The normalized spacial score (nSPS) is 10.6. The quantitative estimate of drug-likeness (QED) is 0.755. The maximum atomic E-state index is 13.0. The zero-order valence-corrected chi connectivity index (χ0v) is 9.57. The molecule has 0 fully saturated rings. The lowest BCUT2D eigenvalue weighted by Gasteiger charge is -1.98. The lowest BCUT2D eigenvalue weighted by Crippen LogP contribution is -1.83. The van der Waals surface area contributed by atoms with Gasteiger partial charge in [-0.1, -0.05) is 11.3 Å². The molecule has 0 N–H and O–H groups in total. The van der Waals surface area contributed by atoms with Crippen LogP contribution in [-0.2, 0) is 5.88 Å². The first-order chi connectivity index (χ1) is 7.20. The second-order valence-corrected chi connectivity index (χ2v) is 4.43. The summed E-state index contributed by atoms with van der Waals surface area (Å²) in [4.78, 5) is 0. The Hall–Kier alpha value is -1.000. The van der Waals surface area contributed by atoms with Gasteiger partial charge in [0.2, 0.25) is 0 Å². The van der Waals surface area contributed by atoms with E-state index in [4.69, 9.17) is 11.6 Å². The lowest BCUT2D eigenvalue weighted by molar-refractivity contribution is 0.619. The third kappa shape index (κ3) is 2.16. The Morgan fingerprint density at radius 2 is 2.20 bits per heavy atom. The van der Waals surface area contributed by atoms with Gasteiger partial charge < -0.3 is 0 Å². The van der Waals surface area contributed by atoms with Gasteiger partial charge >= 0.3 is 0 Å². The second-order valence-electron chi connectivity index (χ2n) is 3.10. The third-order valence-electron chi connectivity index (χ3n) is 1.99. The summed E-state index contributed by atoms with van der Waals surface area (Å²) in [5.41, 5.74) is 1.48. The first-order valence-corrected chi connectivity index (χ1v) is 5.70. The molecule has 1 heterocycles. The maximum Gasteiger partial charge on any atom is 0.147 e. The second kappa shape index (κ2) is 4.24. The number of halogens is 2. The van der Waals surface area contributed by atoms with Crippen molar-refractivity contribution in [1.82, 2.24) is 10.2 Å². The monoisotopic (exact) mass is 242 g/mol. The molecule has 0 bridgehead atoms. The minimum atomic E-state index is -0.208. The predicted octanol–water partition coefficient (Wildman–Crippen LogP) is 3.39. The summed E-state index contributed by atoms with van der Waals surface area (Å²) in [5, 5.41) is 9.44. The van der Waals surface area contributed by atoms with Gasteiger partial charge in [-0.25, -0.2) is 4.39 Å². The molecule has 5 heteroatoms. The minimum Gasteiger partial charge on any atom is -0.207 e. The van der Waals surface area contributed by atoms with E-state index in [2.05, 4.69) is 10.2 Å². The molecule has 0 saturated heterocycles. The third-order valence-corrected chi connectivity index (χ3v) is 3.37. The summed E-state index contributed by atoms with van der Waals surface area (Å²) in [7, 11) is 0. The molecule has 0 radical (unpaired) electrons. The van der Waals surface area contributed by atoms with Gasteiger partial charge in [-0.3, -0.25) is 0 Å². The van der Waals surface area contributed by atoms with Gasteiger partial charge in [-0.2, -0.15) is 0 Å². The van der Waals surface area contributed by atoms with Crippen molar-refractivity contribution in [2.75, 3.05) is 0 Å². The van der Waals surface area contributed by atoms with Crippen molar-refractivity contribution in [2.45, 2.75) is 12.8 Å². The molecule has 2 aromatic rings. The molecule has 0 aliphatic carbocycles. The molecular weight excluding hydrogens is 235 g/mol. The van der Waals surface area contributed by atoms with E-state index in [9.17, 15) is 4.39 Å². The molecular formula is C10H8ClFN2S. The van der Waals surface area contributed by atoms with E-state index in [0.29, 0.717) is 11.4 Å². The predicted molar refractivity (Wildman–Crippen MR) is 59.6 cm³/mol. The van der Waals surface area contributed by atoms with Crippen molar-refractivity contribution >= 4 is 22.9 Å². The van der Waals surface area contributed by atoms with E-state index < -0.39 is 0 Å². The van der Waals surface area contributed by atoms with E-state index in [1.807, 2.05) is 0 Å². The lowest BCUT2D eigenvalue weighted by atomic mass is 10.1. The minimum absolute atomic E-state index is 0.208. The summed E-state index contributed by atoms with van der Waals surface area (Å²) in [6, 6.07) is 4.89. The van der Waals surface area contributed by atoms with Crippen molar-refractivity contribution in [3.8, 4) is 10.6 Å². The fourth-order valence-corrected chi connectivity index (χ4v) is 2.10. The highest BCUT2D eigenvalue weighted by Crippen LogP contribution is 2.25. The van der Waals surface area contributed by atoms with Gasteiger partial charge in [0, 0.05) is 5.56 Å². The SMILES string of the molecule is Cc1cc(-c2nnc(CCl)s2)ccc1F. The fraction of sp³-hybridized carbons (Fsp3) is 0.200. The Labute approximate surface area is 95.7 Å². The van der Waals surface area contributed by atoms with Gasteiger partial charge in [0.15, 0.2) is 0 Å². The van der Waals surface area contributed by atoms with Crippen LogP contribution >= 0.6 is 22.9 Å². The van der Waals surface area contributed by atoms with Crippen LogP contribution in [0.25, 0.3) is 10.6 Å². The number of benzene rings is 1. The van der Waals surface area contributed by atoms with E-state index in [-0.39, 0.29) is 5.82 Å². The Bertz CT molecular complexity index is 484. The summed E-state index contributed by atoms with van der Waals surface area (Å²) in [6.45, 7) is 1.72. The first kappa shape index (κ1) is 10.5. The molecule has 0 atom stereocenters. The molecule has 2 nitrogen and oxygen atoms in total. The van der Waals surface area contributed by atoms with Crippen LogP contribution in [0.1, 0.15) is 10.6 Å². The van der Waals surface area contributed by atoms with E-state index in [0.717, 1.165) is 15.6 Å². The molecule has 0 spiro atoms. The molecule has 2 rings (SSSR count). The molecule has 1 aromatic carbocycles. The fourth-order valence-electron chi connectivity index (χ4n) is 1.20. The van der Waals surface area contributed by atoms with Gasteiger partial charge in [-0.05, 0) is 30.7 Å². The average molecular weight is 243 g/mol. The number of alkyl halides is 1. The van der Waals surface area contributed by atoms with Crippen LogP contribution in [0.2, 0.25) is 0 Å². The van der Waals surface area contributed by atoms with Crippen molar-refractivity contribution in [1.29, 1.82) is 0 Å². The van der Waals surface area contributed by atoms with Crippen LogP contribution in [0.3, 0.4) is 0 Å². The Morgan fingerprint density at radius 1 is 1.40 bits per heavy atom. The molecule has 0 aliphatic heterocycles. The zero-order chi connectivity index (χ0) is 10.8. The van der Waals surface area contributed by atoms with Crippen molar-refractivity contribution in [3.63, 3.8) is 0 Å². The molecule has 78 valence electrons. The number of aromatic nitrogens is 2. The van der Waals surface area contributed by atoms with Crippen LogP contribution in [0, 0.1) is 12.7 Å². The highest BCUT2D eigenvalue weighted by Gasteiger charge is 2.07. The van der Waals surface area contributed by atoms with Crippen LogP contribution in [0.4, 0.5) is 4.39 Å². The molecule has 15 heavy (non-hydrogen) atoms. The Balaban J connectivity index is 2.40. The van der Waals surface area contributed by atoms with Crippen LogP contribution in [0.15, 0.2) is 18.2 Å². The molecule has 0 aliphatic rings. The number of rotatable bonds is 2. The maximum absolute atomic E-state index is 13.0. The highest BCUT2D eigenvalue weighted by atomic mass is 35.5. The largest absolute Gasteiger partial charge is 0.207 e. The van der Waals surface area contributed by atoms with Crippen molar-refractivity contribution < 1.29 is 4.39 Å². The van der Waals surface area contributed by atoms with Gasteiger partial charge in [0.1, 0.15) is 15.8 Å². The average Bonchev–Trinajstić information content (AvgIpc) is 2.70. The van der Waals surface area contributed by atoms with Crippen LogP contribution < -0.4 is 0 Å². The van der Waals surface area contributed by atoms with Crippen molar-refractivity contribution in [2.24, 2.45) is 0 Å².